The van der Waals surface area contributed by atoms with E-state index < -0.39 is 0 Å². The summed E-state index contributed by atoms with van der Waals surface area (Å²) in [5, 5.41) is 7.03. The van der Waals surface area contributed by atoms with Gasteiger partial charge in [0.15, 0.2) is 0 Å². The van der Waals surface area contributed by atoms with E-state index in [1.54, 1.807) is 11.0 Å². The standard InChI is InChI=1S/C15H18N4O/c20-14(6-9-19-12-16-11-18-19)17-10-15(7-8-15)13-4-2-1-3-5-13/h1-5,11-12H,6-10H2,(H,17,20). The Morgan fingerprint density at radius 3 is 2.75 bits per heavy atom. The number of hydrogen-bond donors (Lipinski definition) is 1. The quantitative estimate of drug-likeness (QED) is 0.865. The molecule has 1 N–H and O–H groups in total. The zero-order valence-corrected chi connectivity index (χ0v) is 11.3. The number of amides is 1. The van der Waals surface area contributed by atoms with Crippen LogP contribution in [-0.2, 0) is 16.8 Å². The summed E-state index contributed by atoms with van der Waals surface area (Å²) in [5.41, 5.74) is 1.50. The Balaban J connectivity index is 1.48. The molecular formula is C15H18N4O. The highest BCUT2D eigenvalue weighted by molar-refractivity contribution is 5.76. The second-order valence-corrected chi connectivity index (χ2v) is 5.33. The van der Waals surface area contributed by atoms with Crippen LogP contribution in [0.25, 0.3) is 0 Å². The van der Waals surface area contributed by atoms with Gasteiger partial charge in [-0.15, -0.1) is 0 Å². The van der Waals surface area contributed by atoms with Crippen molar-refractivity contribution in [2.24, 2.45) is 0 Å². The maximum atomic E-state index is 11.9. The van der Waals surface area contributed by atoms with Gasteiger partial charge in [-0.2, -0.15) is 5.10 Å². The predicted molar refractivity (Wildman–Crippen MR) is 75.0 cm³/mol. The normalized spacial score (nSPS) is 15.8. The van der Waals surface area contributed by atoms with Crippen molar-refractivity contribution in [3.63, 3.8) is 0 Å². The van der Waals surface area contributed by atoms with Crippen molar-refractivity contribution in [3.8, 4) is 0 Å². The molecule has 0 bridgehead atoms. The minimum absolute atomic E-state index is 0.0720. The summed E-state index contributed by atoms with van der Waals surface area (Å²) in [6.07, 6.45) is 5.85. The molecule has 1 heterocycles. The third-order valence-electron chi connectivity index (χ3n) is 3.90. The molecule has 5 heteroatoms. The van der Waals surface area contributed by atoms with Crippen molar-refractivity contribution in [2.75, 3.05) is 6.54 Å². The van der Waals surface area contributed by atoms with Gasteiger partial charge in [0.25, 0.3) is 0 Å². The highest BCUT2D eigenvalue weighted by atomic mass is 16.1. The fourth-order valence-electron chi connectivity index (χ4n) is 2.43. The summed E-state index contributed by atoms with van der Waals surface area (Å²) in [5.74, 6) is 0.0720. The highest BCUT2D eigenvalue weighted by Crippen LogP contribution is 2.47. The number of nitrogens with one attached hydrogen (secondary N) is 1. The lowest BCUT2D eigenvalue weighted by Crippen LogP contribution is -2.32. The highest BCUT2D eigenvalue weighted by Gasteiger charge is 2.44. The van der Waals surface area contributed by atoms with Gasteiger partial charge in [-0.3, -0.25) is 9.48 Å². The Morgan fingerprint density at radius 1 is 1.30 bits per heavy atom. The molecule has 1 aromatic carbocycles. The molecule has 1 fully saturated rings. The predicted octanol–water partition coefficient (Wildman–Crippen LogP) is 1.52. The topological polar surface area (TPSA) is 59.8 Å². The minimum atomic E-state index is 0.0720. The molecule has 0 saturated heterocycles. The van der Waals surface area contributed by atoms with E-state index >= 15 is 0 Å². The van der Waals surface area contributed by atoms with E-state index in [9.17, 15) is 4.79 Å². The van der Waals surface area contributed by atoms with Gasteiger partial charge >= 0.3 is 0 Å². The first-order valence-electron chi connectivity index (χ1n) is 6.93. The summed E-state index contributed by atoms with van der Waals surface area (Å²) >= 11 is 0. The van der Waals surface area contributed by atoms with Gasteiger partial charge in [-0.1, -0.05) is 30.3 Å². The van der Waals surface area contributed by atoms with Crippen LogP contribution in [0.15, 0.2) is 43.0 Å². The van der Waals surface area contributed by atoms with E-state index in [1.165, 1.54) is 11.9 Å². The molecule has 0 aliphatic heterocycles. The number of nitrogens with zero attached hydrogens (tertiary/aromatic N) is 3. The third-order valence-corrected chi connectivity index (χ3v) is 3.90. The van der Waals surface area contributed by atoms with E-state index in [2.05, 4.69) is 39.7 Å². The molecule has 20 heavy (non-hydrogen) atoms. The fraction of sp³-hybridized carbons (Fsp3) is 0.400. The number of carbonyl (C=O) groups is 1. The van der Waals surface area contributed by atoms with Crippen molar-refractivity contribution >= 4 is 5.91 Å². The third kappa shape index (κ3) is 2.87. The van der Waals surface area contributed by atoms with Gasteiger partial charge < -0.3 is 5.32 Å². The number of rotatable bonds is 6. The molecule has 0 atom stereocenters. The molecule has 0 radical (unpaired) electrons. The Bertz CT molecular complexity index is 561. The molecule has 1 amide bonds. The molecule has 0 spiro atoms. The van der Waals surface area contributed by atoms with Crippen molar-refractivity contribution in [1.82, 2.24) is 20.1 Å². The Morgan fingerprint density at radius 2 is 2.10 bits per heavy atom. The second kappa shape index (κ2) is 5.45. The van der Waals surface area contributed by atoms with Crippen LogP contribution in [0.4, 0.5) is 0 Å². The van der Waals surface area contributed by atoms with Crippen LogP contribution in [0.3, 0.4) is 0 Å². The summed E-state index contributed by atoms with van der Waals surface area (Å²) < 4.78 is 1.67. The molecule has 1 aromatic heterocycles. The van der Waals surface area contributed by atoms with Crippen LogP contribution >= 0.6 is 0 Å². The molecule has 1 saturated carbocycles. The van der Waals surface area contributed by atoms with Crippen molar-refractivity contribution in [3.05, 3.63) is 48.5 Å². The molecule has 3 rings (SSSR count). The molecular weight excluding hydrogens is 252 g/mol. The average molecular weight is 270 g/mol. The first-order valence-corrected chi connectivity index (χ1v) is 6.93. The Hall–Kier alpha value is -2.17. The Kier molecular flexibility index (Phi) is 3.50. The fourth-order valence-corrected chi connectivity index (χ4v) is 2.43. The monoisotopic (exact) mass is 270 g/mol. The van der Waals surface area contributed by atoms with Crippen molar-refractivity contribution in [2.45, 2.75) is 31.2 Å². The molecule has 2 aromatic rings. The molecule has 5 nitrogen and oxygen atoms in total. The Labute approximate surface area is 118 Å². The zero-order chi connectivity index (χ0) is 13.8. The number of hydrogen-bond acceptors (Lipinski definition) is 3. The zero-order valence-electron chi connectivity index (χ0n) is 11.3. The second-order valence-electron chi connectivity index (χ2n) is 5.33. The van der Waals surface area contributed by atoms with Gasteiger partial charge in [0.05, 0.1) is 6.54 Å². The number of aryl methyl sites for hydroxylation is 1. The minimum Gasteiger partial charge on any atom is -0.355 e. The van der Waals surface area contributed by atoms with Gasteiger partial charge in [-0.05, 0) is 18.4 Å². The lowest BCUT2D eigenvalue weighted by atomic mass is 9.96. The number of aromatic nitrogens is 3. The van der Waals surface area contributed by atoms with Crippen LogP contribution in [0, 0.1) is 0 Å². The van der Waals surface area contributed by atoms with Gasteiger partial charge in [0.1, 0.15) is 12.7 Å². The SMILES string of the molecule is O=C(CCn1cncn1)NCC1(c2ccccc2)CC1. The van der Waals surface area contributed by atoms with E-state index in [-0.39, 0.29) is 11.3 Å². The molecule has 1 aliphatic carbocycles. The van der Waals surface area contributed by atoms with Crippen LogP contribution < -0.4 is 5.32 Å². The van der Waals surface area contributed by atoms with E-state index in [4.69, 9.17) is 0 Å². The first-order chi connectivity index (χ1) is 9.78. The lowest BCUT2D eigenvalue weighted by molar-refractivity contribution is -0.121. The van der Waals surface area contributed by atoms with Gasteiger partial charge in [0, 0.05) is 18.4 Å². The number of carbonyl (C=O) groups excluding carboxylic acids is 1. The van der Waals surface area contributed by atoms with Gasteiger partial charge in [-0.25, -0.2) is 4.98 Å². The lowest BCUT2D eigenvalue weighted by Gasteiger charge is -2.16. The smallest absolute Gasteiger partial charge is 0.221 e. The summed E-state index contributed by atoms with van der Waals surface area (Å²) in [7, 11) is 0. The molecule has 104 valence electrons. The maximum absolute atomic E-state index is 11.9. The van der Waals surface area contributed by atoms with Crippen LogP contribution in [0.2, 0.25) is 0 Å². The van der Waals surface area contributed by atoms with Crippen molar-refractivity contribution < 1.29 is 4.79 Å². The van der Waals surface area contributed by atoms with Crippen LogP contribution in [-0.4, -0.2) is 27.2 Å². The maximum Gasteiger partial charge on any atom is 0.221 e. The van der Waals surface area contributed by atoms with E-state index in [1.807, 2.05) is 6.07 Å². The average Bonchev–Trinajstić information content (AvgIpc) is 3.11. The van der Waals surface area contributed by atoms with Crippen LogP contribution in [0.5, 0.6) is 0 Å². The largest absolute Gasteiger partial charge is 0.355 e. The van der Waals surface area contributed by atoms with Gasteiger partial charge in [0.2, 0.25) is 5.91 Å². The van der Waals surface area contributed by atoms with Crippen LogP contribution in [0.1, 0.15) is 24.8 Å². The molecule has 0 unspecified atom stereocenters. The summed E-state index contributed by atoms with van der Waals surface area (Å²) in [6.45, 7) is 1.30. The molecule has 1 aliphatic rings. The first kappa shape index (κ1) is 12.8. The summed E-state index contributed by atoms with van der Waals surface area (Å²) in [4.78, 5) is 15.7. The van der Waals surface area contributed by atoms with E-state index in [0.717, 1.165) is 19.4 Å². The summed E-state index contributed by atoms with van der Waals surface area (Å²) in [6, 6.07) is 10.4. The number of benzene rings is 1. The van der Waals surface area contributed by atoms with E-state index in [0.29, 0.717) is 13.0 Å². The van der Waals surface area contributed by atoms with Crippen molar-refractivity contribution in [1.29, 1.82) is 0 Å².